The van der Waals surface area contributed by atoms with E-state index in [0.717, 1.165) is 31.3 Å². The van der Waals surface area contributed by atoms with Crippen molar-refractivity contribution in [3.63, 3.8) is 0 Å². The van der Waals surface area contributed by atoms with Crippen LogP contribution in [0, 0.1) is 22.7 Å². The van der Waals surface area contributed by atoms with Crippen LogP contribution >= 0.6 is 0 Å². The second-order valence-electron chi connectivity index (χ2n) is 8.22. The fourth-order valence-corrected chi connectivity index (χ4v) is 4.98. The van der Waals surface area contributed by atoms with Crippen molar-refractivity contribution in [2.24, 2.45) is 22.7 Å². The summed E-state index contributed by atoms with van der Waals surface area (Å²) >= 11 is 0. The van der Waals surface area contributed by atoms with Gasteiger partial charge in [0.15, 0.2) is 0 Å². The monoisotopic (exact) mass is 332 g/mol. The zero-order valence-electron chi connectivity index (χ0n) is 15.2. The Morgan fingerprint density at radius 2 is 2.12 bits per heavy atom. The molecule has 2 unspecified atom stereocenters. The third-order valence-corrected chi connectivity index (χ3v) is 6.97. The highest BCUT2D eigenvalue weighted by Gasteiger charge is 2.63. The highest BCUT2D eigenvalue weighted by atomic mass is 16.5. The SMILES string of the molecule is C=C1COC(=O)C12CC1C[C@H](OC(=O)/C(C)=C\C)C[C@@H](C)[C@]1(C)C2. The van der Waals surface area contributed by atoms with E-state index in [-0.39, 0.29) is 23.5 Å². The molecule has 0 aromatic rings. The van der Waals surface area contributed by atoms with Crippen molar-refractivity contribution in [1.82, 2.24) is 0 Å². The van der Waals surface area contributed by atoms with Crippen LogP contribution in [-0.4, -0.2) is 24.6 Å². The van der Waals surface area contributed by atoms with Crippen LogP contribution in [0.3, 0.4) is 0 Å². The van der Waals surface area contributed by atoms with Crippen molar-refractivity contribution in [3.8, 4) is 0 Å². The number of cyclic esters (lactones) is 1. The lowest BCUT2D eigenvalue weighted by Crippen LogP contribution is -2.41. The van der Waals surface area contributed by atoms with E-state index in [4.69, 9.17) is 9.47 Å². The molecule has 0 bridgehead atoms. The predicted octanol–water partition coefficient (Wildman–Crippen LogP) is 3.81. The minimum absolute atomic E-state index is 0.0682. The van der Waals surface area contributed by atoms with Gasteiger partial charge in [-0.1, -0.05) is 26.5 Å². The molecule has 4 heteroatoms. The summed E-state index contributed by atoms with van der Waals surface area (Å²) in [6, 6.07) is 0. The molecule has 0 amide bonds. The molecule has 1 saturated heterocycles. The lowest BCUT2D eigenvalue weighted by atomic mass is 9.62. The van der Waals surface area contributed by atoms with Gasteiger partial charge in [-0.2, -0.15) is 0 Å². The molecule has 3 rings (SSSR count). The van der Waals surface area contributed by atoms with E-state index >= 15 is 0 Å². The van der Waals surface area contributed by atoms with Gasteiger partial charge in [0.05, 0.1) is 5.41 Å². The summed E-state index contributed by atoms with van der Waals surface area (Å²) in [5, 5.41) is 0. The Bertz CT molecular complexity index is 601. The molecular weight excluding hydrogens is 304 g/mol. The van der Waals surface area contributed by atoms with E-state index < -0.39 is 5.41 Å². The molecule has 24 heavy (non-hydrogen) atoms. The highest BCUT2D eigenvalue weighted by molar-refractivity contribution is 5.87. The molecule has 4 nitrogen and oxygen atoms in total. The molecule has 1 spiro atoms. The Labute approximate surface area is 144 Å². The molecule has 0 radical (unpaired) electrons. The Kier molecular flexibility index (Phi) is 4.13. The minimum Gasteiger partial charge on any atom is -0.460 e. The van der Waals surface area contributed by atoms with E-state index in [1.54, 1.807) is 13.0 Å². The summed E-state index contributed by atoms with van der Waals surface area (Å²) < 4.78 is 11.0. The number of carbonyl (C=O) groups excluding carboxylic acids is 2. The van der Waals surface area contributed by atoms with Gasteiger partial charge in [-0.15, -0.1) is 0 Å². The van der Waals surface area contributed by atoms with Gasteiger partial charge in [0.25, 0.3) is 0 Å². The van der Waals surface area contributed by atoms with Crippen LogP contribution in [0.2, 0.25) is 0 Å². The first-order chi connectivity index (χ1) is 11.2. The summed E-state index contributed by atoms with van der Waals surface area (Å²) in [6.07, 6.45) is 4.99. The topological polar surface area (TPSA) is 52.6 Å². The van der Waals surface area contributed by atoms with Crippen molar-refractivity contribution in [2.45, 2.75) is 59.5 Å². The summed E-state index contributed by atoms with van der Waals surface area (Å²) in [5.41, 5.74) is 1.14. The Balaban J connectivity index is 1.79. The first-order valence-corrected chi connectivity index (χ1v) is 8.92. The third kappa shape index (κ3) is 2.42. The zero-order valence-corrected chi connectivity index (χ0v) is 15.2. The summed E-state index contributed by atoms with van der Waals surface area (Å²) in [6.45, 7) is 12.6. The van der Waals surface area contributed by atoms with Crippen molar-refractivity contribution < 1.29 is 19.1 Å². The van der Waals surface area contributed by atoms with Gasteiger partial charge in [-0.3, -0.25) is 4.79 Å². The maximum Gasteiger partial charge on any atom is 0.333 e. The zero-order chi connectivity index (χ0) is 17.7. The second-order valence-corrected chi connectivity index (χ2v) is 8.22. The second kappa shape index (κ2) is 5.75. The molecule has 2 aliphatic carbocycles. The van der Waals surface area contributed by atoms with Gasteiger partial charge >= 0.3 is 11.9 Å². The smallest absolute Gasteiger partial charge is 0.333 e. The van der Waals surface area contributed by atoms with Gasteiger partial charge in [0.1, 0.15) is 12.7 Å². The average molecular weight is 332 g/mol. The fraction of sp³-hybridized carbons (Fsp3) is 0.700. The molecule has 3 fully saturated rings. The number of esters is 2. The predicted molar refractivity (Wildman–Crippen MR) is 91.1 cm³/mol. The van der Waals surface area contributed by atoms with E-state index in [9.17, 15) is 9.59 Å². The van der Waals surface area contributed by atoms with Crippen LogP contribution in [0.4, 0.5) is 0 Å². The molecule has 0 aromatic heterocycles. The number of rotatable bonds is 2. The lowest BCUT2D eigenvalue weighted by Gasteiger charge is -2.45. The molecule has 0 N–H and O–H groups in total. The maximum absolute atomic E-state index is 12.4. The Morgan fingerprint density at radius 3 is 2.71 bits per heavy atom. The third-order valence-electron chi connectivity index (χ3n) is 6.97. The van der Waals surface area contributed by atoms with Crippen LogP contribution < -0.4 is 0 Å². The highest BCUT2D eigenvalue weighted by Crippen LogP contribution is 2.65. The van der Waals surface area contributed by atoms with Gasteiger partial charge in [-0.05, 0) is 62.4 Å². The molecule has 0 aromatic carbocycles. The fourth-order valence-electron chi connectivity index (χ4n) is 4.98. The summed E-state index contributed by atoms with van der Waals surface area (Å²) in [4.78, 5) is 24.5. The first kappa shape index (κ1) is 17.2. The number of carbonyl (C=O) groups is 2. The van der Waals surface area contributed by atoms with E-state index in [0.29, 0.717) is 24.0 Å². The first-order valence-electron chi connectivity index (χ1n) is 8.92. The largest absolute Gasteiger partial charge is 0.460 e. The van der Waals surface area contributed by atoms with Gasteiger partial charge in [0.2, 0.25) is 0 Å². The Hall–Kier alpha value is -1.58. The van der Waals surface area contributed by atoms with Crippen LogP contribution in [0.15, 0.2) is 23.8 Å². The van der Waals surface area contributed by atoms with Crippen LogP contribution in [-0.2, 0) is 19.1 Å². The Morgan fingerprint density at radius 1 is 1.42 bits per heavy atom. The molecule has 1 heterocycles. The number of allylic oxidation sites excluding steroid dienone is 1. The lowest BCUT2D eigenvalue weighted by molar-refractivity contribution is -0.150. The van der Waals surface area contributed by atoms with Gasteiger partial charge in [-0.25, -0.2) is 4.79 Å². The standard InChI is InChI=1S/C20H28O4/c1-6-12(2)17(21)24-16-7-13(3)19(5)11-20(9-15(19)8-16)14(4)10-23-18(20)22/h6,13,15-16H,4,7-11H2,1-3,5H3/b12-6-/t13-,15?,16-,19+,20?/m1/s1. The maximum atomic E-state index is 12.4. The molecule has 3 aliphatic rings. The molecule has 2 saturated carbocycles. The van der Waals surface area contributed by atoms with Crippen LogP contribution in [0.25, 0.3) is 0 Å². The number of ether oxygens (including phenoxy) is 2. The van der Waals surface area contributed by atoms with Crippen molar-refractivity contribution in [1.29, 1.82) is 0 Å². The van der Waals surface area contributed by atoms with E-state index in [1.165, 1.54) is 0 Å². The van der Waals surface area contributed by atoms with Crippen LogP contribution in [0.1, 0.15) is 53.4 Å². The van der Waals surface area contributed by atoms with Crippen molar-refractivity contribution in [3.05, 3.63) is 23.8 Å². The normalized spacial score (nSPS) is 42.2. The van der Waals surface area contributed by atoms with Crippen molar-refractivity contribution in [2.75, 3.05) is 6.61 Å². The van der Waals surface area contributed by atoms with Gasteiger partial charge < -0.3 is 9.47 Å². The number of hydrogen-bond acceptors (Lipinski definition) is 4. The molecule has 5 atom stereocenters. The molecule has 132 valence electrons. The molecular formula is C20H28O4. The van der Waals surface area contributed by atoms with E-state index in [2.05, 4.69) is 20.4 Å². The minimum atomic E-state index is -0.508. The summed E-state index contributed by atoms with van der Waals surface area (Å²) in [7, 11) is 0. The van der Waals surface area contributed by atoms with E-state index in [1.807, 2.05) is 6.92 Å². The average Bonchev–Trinajstić information content (AvgIpc) is 2.99. The number of hydrogen-bond donors (Lipinski definition) is 0. The molecule has 1 aliphatic heterocycles. The number of fused-ring (bicyclic) bond motifs is 1. The summed E-state index contributed by atoms with van der Waals surface area (Å²) in [5.74, 6) is 0.414. The van der Waals surface area contributed by atoms with Gasteiger partial charge in [0, 0.05) is 5.57 Å². The quantitative estimate of drug-likeness (QED) is 0.438. The van der Waals surface area contributed by atoms with Crippen molar-refractivity contribution >= 4 is 11.9 Å². The van der Waals surface area contributed by atoms with Crippen LogP contribution in [0.5, 0.6) is 0 Å².